The molecule has 0 aromatic carbocycles. The summed E-state index contributed by atoms with van der Waals surface area (Å²) in [5, 5.41) is 4.10. The third-order valence-electron chi connectivity index (χ3n) is 3.78. The Kier molecular flexibility index (Phi) is 4.24. The van der Waals surface area contributed by atoms with Crippen LogP contribution in [0.15, 0.2) is 70.7 Å². The molecule has 3 aromatic rings. The third-order valence-corrected chi connectivity index (χ3v) is 3.78. The van der Waals surface area contributed by atoms with Crippen LogP contribution in [0, 0.1) is 0 Å². The van der Waals surface area contributed by atoms with E-state index in [1.165, 1.54) is 0 Å². The second-order valence-electron chi connectivity index (χ2n) is 5.51. The zero-order valence-corrected chi connectivity index (χ0v) is 13.4. The molecule has 0 aliphatic carbocycles. The van der Waals surface area contributed by atoms with Gasteiger partial charge in [0.15, 0.2) is 5.82 Å². The number of aromatic nitrogens is 4. The van der Waals surface area contributed by atoms with E-state index in [0.717, 1.165) is 28.7 Å². The summed E-state index contributed by atoms with van der Waals surface area (Å²) >= 11 is 0. The molecule has 0 saturated carbocycles. The van der Waals surface area contributed by atoms with Crippen LogP contribution in [-0.4, -0.2) is 32.9 Å². The molecule has 0 atom stereocenters. The van der Waals surface area contributed by atoms with Crippen molar-refractivity contribution in [1.82, 2.24) is 20.1 Å². The van der Waals surface area contributed by atoms with Crippen molar-refractivity contribution >= 4 is 11.8 Å². The van der Waals surface area contributed by atoms with Crippen LogP contribution in [0.1, 0.15) is 12.2 Å². The van der Waals surface area contributed by atoms with Crippen LogP contribution in [0.2, 0.25) is 0 Å². The number of rotatable bonds is 3. The van der Waals surface area contributed by atoms with Gasteiger partial charge in [0.2, 0.25) is 0 Å². The van der Waals surface area contributed by atoms with Crippen molar-refractivity contribution < 1.29 is 4.52 Å². The zero-order chi connectivity index (χ0) is 16.9. The van der Waals surface area contributed by atoms with Crippen LogP contribution in [0.5, 0.6) is 0 Å². The standard InChI is InChI=1S/C19H15N5O/c1-2-5-15(11-20-7-3-1)18-23-19(25-24-18)17-9-16(12-22-13-17)14-6-4-8-21-10-14/h1,3-10,12-13H,2,11H2/b3-1?,15-5+,20-7?. The molecule has 1 aliphatic heterocycles. The smallest absolute Gasteiger partial charge is 0.259 e. The fraction of sp³-hybridized carbons (Fsp3) is 0.105. The predicted molar refractivity (Wildman–Crippen MR) is 95.9 cm³/mol. The highest BCUT2D eigenvalue weighted by molar-refractivity contribution is 5.74. The monoisotopic (exact) mass is 329 g/mol. The normalized spacial score (nSPS) is 16.1. The van der Waals surface area contributed by atoms with Gasteiger partial charge < -0.3 is 4.52 Å². The van der Waals surface area contributed by atoms with Crippen molar-refractivity contribution in [3.05, 3.63) is 67.0 Å². The molecule has 0 amide bonds. The van der Waals surface area contributed by atoms with Gasteiger partial charge >= 0.3 is 0 Å². The molecule has 122 valence electrons. The summed E-state index contributed by atoms with van der Waals surface area (Å²) in [7, 11) is 0. The summed E-state index contributed by atoms with van der Waals surface area (Å²) < 4.78 is 5.44. The van der Waals surface area contributed by atoms with E-state index in [1.54, 1.807) is 31.0 Å². The van der Waals surface area contributed by atoms with E-state index >= 15 is 0 Å². The van der Waals surface area contributed by atoms with Crippen LogP contribution in [0.3, 0.4) is 0 Å². The highest BCUT2D eigenvalue weighted by Crippen LogP contribution is 2.25. The molecule has 3 aromatic heterocycles. The molecular formula is C19H15N5O. The largest absolute Gasteiger partial charge is 0.334 e. The van der Waals surface area contributed by atoms with Crippen LogP contribution in [-0.2, 0) is 0 Å². The maximum Gasteiger partial charge on any atom is 0.259 e. The number of hydrogen-bond acceptors (Lipinski definition) is 6. The van der Waals surface area contributed by atoms with Crippen molar-refractivity contribution in [1.29, 1.82) is 0 Å². The van der Waals surface area contributed by atoms with E-state index in [1.807, 2.05) is 30.4 Å². The Morgan fingerprint density at radius 3 is 2.84 bits per heavy atom. The van der Waals surface area contributed by atoms with Gasteiger partial charge in [0.25, 0.3) is 5.89 Å². The number of pyridine rings is 2. The van der Waals surface area contributed by atoms with Gasteiger partial charge in [-0.05, 0) is 24.6 Å². The van der Waals surface area contributed by atoms with Crippen molar-refractivity contribution in [3.63, 3.8) is 0 Å². The lowest BCUT2D eigenvalue weighted by molar-refractivity contribution is 0.428. The lowest BCUT2D eigenvalue weighted by atomic mass is 10.1. The lowest BCUT2D eigenvalue weighted by Crippen LogP contribution is -1.94. The fourth-order valence-corrected chi connectivity index (χ4v) is 2.51. The van der Waals surface area contributed by atoms with Crippen molar-refractivity contribution in [2.45, 2.75) is 6.42 Å². The summed E-state index contributed by atoms with van der Waals surface area (Å²) in [6.07, 6.45) is 15.7. The molecule has 4 heterocycles. The SMILES string of the molecule is C1=CC/C=C(/c2noc(-c3cncc(-c4cccnc4)c3)n2)CN=C1. The zero-order valence-electron chi connectivity index (χ0n) is 13.4. The highest BCUT2D eigenvalue weighted by atomic mass is 16.5. The summed E-state index contributed by atoms with van der Waals surface area (Å²) in [5.41, 5.74) is 3.66. The summed E-state index contributed by atoms with van der Waals surface area (Å²) in [4.78, 5) is 17.2. The number of nitrogens with zero attached hydrogens (tertiary/aromatic N) is 5. The summed E-state index contributed by atoms with van der Waals surface area (Å²) in [6.45, 7) is 0.539. The maximum absolute atomic E-state index is 5.44. The molecule has 0 unspecified atom stereocenters. The van der Waals surface area contributed by atoms with E-state index in [9.17, 15) is 0 Å². The molecule has 0 N–H and O–H groups in total. The molecule has 4 rings (SSSR count). The van der Waals surface area contributed by atoms with Gasteiger partial charge in [-0.25, -0.2) is 0 Å². The Balaban J connectivity index is 1.64. The van der Waals surface area contributed by atoms with E-state index in [-0.39, 0.29) is 0 Å². The first-order chi connectivity index (χ1) is 12.4. The topological polar surface area (TPSA) is 77.1 Å². The summed E-state index contributed by atoms with van der Waals surface area (Å²) in [5.74, 6) is 1.00. The number of allylic oxidation sites excluding steroid dienone is 3. The van der Waals surface area contributed by atoms with E-state index in [4.69, 9.17) is 4.52 Å². The molecule has 6 nitrogen and oxygen atoms in total. The van der Waals surface area contributed by atoms with Crippen molar-refractivity contribution in [2.24, 2.45) is 4.99 Å². The Morgan fingerprint density at radius 2 is 1.92 bits per heavy atom. The average molecular weight is 329 g/mol. The minimum atomic E-state index is 0.440. The molecular weight excluding hydrogens is 314 g/mol. The van der Waals surface area contributed by atoms with Crippen LogP contribution in [0.25, 0.3) is 28.2 Å². The molecule has 0 spiro atoms. The Morgan fingerprint density at radius 1 is 1.00 bits per heavy atom. The molecule has 0 radical (unpaired) electrons. The lowest BCUT2D eigenvalue weighted by Gasteiger charge is -2.01. The van der Waals surface area contributed by atoms with E-state index in [0.29, 0.717) is 18.3 Å². The molecule has 1 aliphatic rings. The van der Waals surface area contributed by atoms with E-state index < -0.39 is 0 Å². The van der Waals surface area contributed by atoms with Gasteiger partial charge in [-0.1, -0.05) is 23.4 Å². The third kappa shape index (κ3) is 3.42. The maximum atomic E-state index is 5.44. The second kappa shape index (κ2) is 7.00. The molecule has 0 bridgehead atoms. The molecule has 25 heavy (non-hydrogen) atoms. The predicted octanol–water partition coefficient (Wildman–Crippen LogP) is 3.61. The first-order valence-corrected chi connectivity index (χ1v) is 7.94. The highest BCUT2D eigenvalue weighted by Gasteiger charge is 2.13. The van der Waals surface area contributed by atoms with Crippen LogP contribution >= 0.6 is 0 Å². The molecule has 0 saturated heterocycles. The van der Waals surface area contributed by atoms with Gasteiger partial charge in [0.1, 0.15) is 0 Å². The van der Waals surface area contributed by atoms with Gasteiger partial charge in [0, 0.05) is 47.7 Å². The number of hydrogen-bond donors (Lipinski definition) is 0. The molecule has 0 fully saturated rings. The summed E-state index contributed by atoms with van der Waals surface area (Å²) in [6, 6.07) is 5.84. The Hall–Kier alpha value is -3.41. The first-order valence-electron chi connectivity index (χ1n) is 7.94. The van der Waals surface area contributed by atoms with Crippen molar-refractivity contribution in [2.75, 3.05) is 6.54 Å². The fourth-order valence-electron chi connectivity index (χ4n) is 2.51. The first kappa shape index (κ1) is 15.1. The van der Waals surface area contributed by atoms with E-state index in [2.05, 4.69) is 31.2 Å². The van der Waals surface area contributed by atoms with Crippen LogP contribution in [0.4, 0.5) is 0 Å². The van der Waals surface area contributed by atoms with Gasteiger partial charge in [0.05, 0.1) is 12.1 Å². The van der Waals surface area contributed by atoms with Gasteiger partial charge in [-0.3, -0.25) is 15.0 Å². The van der Waals surface area contributed by atoms with Crippen molar-refractivity contribution in [3.8, 4) is 22.6 Å². The number of aliphatic imine (C=N–C) groups is 1. The van der Waals surface area contributed by atoms with Crippen LogP contribution < -0.4 is 0 Å². The minimum Gasteiger partial charge on any atom is -0.334 e. The van der Waals surface area contributed by atoms with Gasteiger partial charge in [-0.15, -0.1) is 0 Å². The second-order valence-corrected chi connectivity index (χ2v) is 5.51. The average Bonchev–Trinajstić information content (AvgIpc) is 3.12. The Labute approximate surface area is 144 Å². The van der Waals surface area contributed by atoms with Gasteiger partial charge in [-0.2, -0.15) is 4.98 Å². The molecule has 6 heteroatoms. The quantitative estimate of drug-likeness (QED) is 0.733. The Bertz CT molecular complexity index is 957. The minimum absolute atomic E-state index is 0.440.